The van der Waals surface area contributed by atoms with Crippen molar-refractivity contribution in [3.8, 4) is 6.08 Å². The lowest BCUT2D eigenvalue weighted by atomic mass is 10.4. The third kappa shape index (κ3) is 7.81. The first kappa shape index (κ1) is 15.9. The summed E-state index contributed by atoms with van der Waals surface area (Å²) in [6.07, 6.45) is 3.90. The molecule has 6 heteroatoms. The van der Waals surface area contributed by atoms with Gasteiger partial charge in [-0.3, -0.25) is 0 Å². The van der Waals surface area contributed by atoms with Gasteiger partial charge in [0.15, 0.2) is 0 Å². The third-order valence-corrected chi connectivity index (χ3v) is 2.35. The Morgan fingerprint density at radius 1 is 1.26 bits per heavy atom. The van der Waals surface area contributed by atoms with E-state index in [9.17, 15) is 0 Å². The largest absolute Gasteiger partial charge is 0.448 e. The van der Waals surface area contributed by atoms with E-state index in [0.29, 0.717) is 39.0 Å². The van der Waals surface area contributed by atoms with Crippen LogP contribution in [0.5, 0.6) is 6.08 Å². The summed E-state index contributed by atoms with van der Waals surface area (Å²) in [6.45, 7) is 6.15. The zero-order valence-electron chi connectivity index (χ0n) is 11.8. The van der Waals surface area contributed by atoms with Crippen molar-refractivity contribution in [3.63, 3.8) is 0 Å². The fourth-order valence-electron chi connectivity index (χ4n) is 1.42. The van der Waals surface area contributed by atoms with E-state index in [-0.39, 0.29) is 0 Å². The molecule has 1 aromatic heterocycles. The number of aromatic nitrogens is 1. The van der Waals surface area contributed by atoms with E-state index in [1.165, 1.54) is 0 Å². The molecule has 0 radical (unpaired) electrons. The smallest absolute Gasteiger partial charge is 0.393 e. The Hall–Kier alpha value is -1.11. The van der Waals surface area contributed by atoms with Crippen molar-refractivity contribution in [1.82, 2.24) is 10.3 Å². The first-order valence-corrected chi connectivity index (χ1v) is 6.71. The second-order valence-electron chi connectivity index (χ2n) is 4.09. The molecule has 0 amide bonds. The van der Waals surface area contributed by atoms with Crippen LogP contribution in [0.25, 0.3) is 0 Å². The summed E-state index contributed by atoms with van der Waals surface area (Å²) in [5.74, 6) is 0. The summed E-state index contributed by atoms with van der Waals surface area (Å²) >= 11 is 0. The fourth-order valence-corrected chi connectivity index (χ4v) is 1.42. The maximum atomic E-state index is 5.36. The van der Waals surface area contributed by atoms with E-state index in [4.69, 9.17) is 18.6 Å². The van der Waals surface area contributed by atoms with E-state index >= 15 is 0 Å². The van der Waals surface area contributed by atoms with Gasteiger partial charge in [-0.25, -0.2) is 0 Å². The predicted octanol–water partition coefficient (Wildman–Crippen LogP) is 1.61. The van der Waals surface area contributed by atoms with Crippen molar-refractivity contribution < 1.29 is 18.6 Å². The van der Waals surface area contributed by atoms with E-state index in [2.05, 4.69) is 17.2 Å². The number of nitrogens with one attached hydrogen (secondary N) is 1. The number of ether oxygens (including phenoxy) is 3. The summed E-state index contributed by atoms with van der Waals surface area (Å²) in [6, 6.07) is 0. The lowest BCUT2D eigenvalue weighted by molar-refractivity contribution is 0.0724. The maximum Gasteiger partial charge on any atom is 0.393 e. The van der Waals surface area contributed by atoms with Gasteiger partial charge in [0.2, 0.25) is 0 Å². The first-order valence-electron chi connectivity index (χ1n) is 6.71. The molecule has 0 aliphatic rings. The molecule has 0 atom stereocenters. The quantitative estimate of drug-likeness (QED) is 0.583. The normalized spacial score (nSPS) is 10.8. The number of hydrogen-bond acceptors (Lipinski definition) is 6. The molecule has 0 aliphatic heterocycles. The number of methoxy groups -OCH3 is 1. The van der Waals surface area contributed by atoms with E-state index < -0.39 is 0 Å². The fraction of sp³-hybridized carbons (Fsp3) is 0.769. The van der Waals surface area contributed by atoms with Crippen LogP contribution in [0.4, 0.5) is 0 Å². The summed E-state index contributed by atoms with van der Waals surface area (Å²) < 4.78 is 20.8. The Bertz CT molecular complexity index is 317. The summed E-state index contributed by atoms with van der Waals surface area (Å²) in [7, 11) is 1.68. The predicted molar refractivity (Wildman–Crippen MR) is 71.3 cm³/mol. The average molecular weight is 272 g/mol. The maximum absolute atomic E-state index is 5.36. The van der Waals surface area contributed by atoms with Gasteiger partial charge < -0.3 is 23.9 Å². The molecule has 1 rings (SSSR count). The molecule has 6 nitrogen and oxygen atoms in total. The van der Waals surface area contributed by atoms with Gasteiger partial charge in [-0.2, -0.15) is 4.98 Å². The highest BCUT2D eigenvalue weighted by atomic mass is 16.6. The minimum Gasteiger partial charge on any atom is -0.448 e. The van der Waals surface area contributed by atoms with Crippen molar-refractivity contribution in [1.29, 1.82) is 0 Å². The Balaban J connectivity index is 2.03. The molecule has 0 fully saturated rings. The van der Waals surface area contributed by atoms with Crippen molar-refractivity contribution in [2.75, 3.05) is 40.1 Å². The van der Waals surface area contributed by atoms with Crippen LogP contribution in [0.1, 0.15) is 25.5 Å². The second-order valence-corrected chi connectivity index (χ2v) is 4.09. The number of hydrogen-bond donors (Lipinski definition) is 1. The first-order chi connectivity index (χ1) is 9.36. The van der Waals surface area contributed by atoms with Gasteiger partial charge in [0.25, 0.3) is 0 Å². The third-order valence-electron chi connectivity index (χ3n) is 2.35. The minimum absolute atomic E-state index is 0.300. The monoisotopic (exact) mass is 272 g/mol. The van der Waals surface area contributed by atoms with Gasteiger partial charge in [0.05, 0.1) is 12.3 Å². The number of nitrogens with zero attached hydrogens (tertiary/aromatic N) is 1. The highest BCUT2D eigenvalue weighted by Crippen LogP contribution is 2.09. The van der Waals surface area contributed by atoms with Crippen molar-refractivity contribution in [2.45, 2.75) is 26.3 Å². The Morgan fingerprint density at radius 2 is 2.16 bits per heavy atom. The van der Waals surface area contributed by atoms with Crippen LogP contribution in [0, 0.1) is 0 Å². The van der Waals surface area contributed by atoms with E-state index in [0.717, 1.165) is 25.1 Å². The molecule has 19 heavy (non-hydrogen) atoms. The number of rotatable bonds is 12. The molecule has 0 spiro atoms. The molecular weight excluding hydrogens is 248 g/mol. The van der Waals surface area contributed by atoms with Gasteiger partial charge in [-0.15, -0.1) is 0 Å². The summed E-state index contributed by atoms with van der Waals surface area (Å²) in [5, 5.41) is 3.25. The van der Waals surface area contributed by atoms with Crippen molar-refractivity contribution >= 4 is 0 Å². The van der Waals surface area contributed by atoms with Gasteiger partial charge >= 0.3 is 6.08 Å². The molecule has 0 saturated carbocycles. The van der Waals surface area contributed by atoms with Gasteiger partial charge in [0.1, 0.15) is 12.9 Å². The van der Waals surface area contributed by atoms with Gasteiger partial charge in [0, 0.05) is 26.9 Å². The molecule has 0 aliphatic carbocycles. The van der Waals surface area contributed by atoms with Crippen LogP contribution in [-0.2, 0) is 16.0 Å². The number of oxazole rings is 1. The molecule has 0 unspecified atom stereocenters. The average Bonchev–Trinajstić information content (AvgIpc) is 2.86. The van der Waals surface area contributed by atoms with Crippen LogP contribution in [0.2, 0.25) is 0 Å². The molecule has 1 heterocycles. The van der Waals surface area contributed by atoms with Crippen LogP contribution < -0.4 is 10.1 Å². The lowest BCUT2D eigenvalue weighted by Gasteiger charge is -2.03. The Kier molecular flexibility index (Phi) is 9.05. The Morgan fingerprint density at radius 3 is 2.95 bits per heavy atom. The van der Waals surface area contributed by atoms with Crippen LogP contribution in [-0.4, -0.2) is 45.1 Å². The summed E-state index contributed by atoms with van der Waals surface area (Å²) in [5.41, 5.74) is 0.851. The van der Waals surface area contributed by atoms with E-state index in [1.54, 1.807) is 13.4 Å². The molecule has 1 N–H and O–H groups in total. The van der Waals surface area contributed by atoms with Gasteiger partial charge in [-0.05, 0) is 19.4 Å². The van der Waals surface area contributed by atoms with E-state index in [1.807, 2.05) is 0 Å². The molecule has 110 valence electrons. The van der Waals surface area contributed by atoms with Crippen molar-refractivity contribution in [3.05, 3.63) is 12.0 Å². The highest BCUT2D eigenvalue weighted by Gasteiger charge is 2.04. The molecular formula is C13H24N2O4. The molecule has 1 aromatic rings. The zero-order valence-corrected chi connectivity index (χ0v) is 11.8. The second kappa shape index (κ2) is 10.8. The van der Waals surface area contributed by atoms with Crippen molar-refractivity contribution in [2.24, 2.45) is 0 Å². The van der Waals surface area contributed by atoms with Crippen LogP contribution in [0.15, 0.2) is 10.7 Å². The molecule has 0 saturated heterocycles. The Labute approximate surface area is 114 Å². The van der Waals surface area contributed by atoms with Crippen LogP contribution in [0.3, 0.4) is 0 Å². The minimum atomic E-state index is 0.300. The SMILES string of the molecule is CCCNCc1coc(OCCOCCCOC)n1. The van der Waals surface area contributed by atoms with Crippen LogP contribution >= 0.6 is 0 Å². The molecule has 0 aromatic carbocycles. The zero-order chi connectivity index (χ0) is 13.8. The topological polar surface area (TPSA) is 65.8 Å². The lowest BCUT2D eigenvalue weighted by Crippen LogP contribution is -2.14. The highest BCUT2D eigenvalue weighted by molar-refractivity contribution is 4.99. The molecule has 0 bridgehead atoms. The standard InChI is InChI=1S/C13H24N2O4/c1-3-5-14-10-12-11-19-13(15-12)18-9-8-17-7-4-6-16-2/h11,14H,3-10H2,1-2H3. The summed E-state index contributed by atoms with van der Waals surface area (Å²) in [4.78, 5) is 4.20. The van der Waals surface area contributed by atoms with Gasteiger partial charge in [-0.1, -0.05) is 6.92 Å².